The van der Waals surface area contributed by atoms with Crippen molar-refractivity contribution in [3.8, 4) is 0 Å². The molecule has 1 saturated heterocycles. The maximum absolute atomic E-state index is 13.6. The zero-order valence-electron chi connectivity index (χ0n) is 10.5. The van der Waals surface area contributed by atoms with Gasteiger partial charge in [0.1, 0.15) is 11.6 Å². The normalized spacial score (nSPS) is 26.3. The molecule has 1 aromatic rings. The number of nitrogens with zero attached hydrogens (tertiary/aromatic N) is 1. The number of carbonyl (C=O) groups is 1. The van der Waals surface area contributed by atoms with Gasteiger partial charge in [0, 0.05) is 43.6 Å². The van der Waals surface area contributed by atoms with Gasteiger partial charge in [0.2, 0.25) is 5.91 Å². The fourth-order valence-electron chi connectivity index (χ4n) is 2.77. The predicted molar refractivity (Wildman–Crippen MR) is 66.7 cm³/mol. The third-order valence-corrected chi connectivity index (χ3v) is 3.91. The van der Waals surface area contributed by atoms with Crippen LogP contribution < -0.4 is 5.32 Å². The van der Waals surface area contributed by atoms with Crippen LogP contribution in [0.4, 0.5) is 8.78 Å². The fourth-order valence-corrected chi connectivity index (χ4v) is 2.77. The van der Waals surface area contributed by atoms with Crippen LogP contribution in [0.3, 0.4) is 0 Å². The lowest BCUT2D eigenvalue weighted by Crippen LogP contribution is -2.47. The molecule has 0 aromatic heterocycles. The van der Waals surface area contributed by atoms with E-state index in [1.54, 1.807) is 4.90 Å². The molecular weight excluding hydrogens is 250 g/mol. The molecule has 102 valence electrons. The first-order chi connectivity index (χ1) is 9.18. The highest BCUT2D eigenvalue weighted by Gasteiger charge is 2.48. The second-order valence-corrected chi connectivity index (χ2v) is 5.16. The van der Waals surface area contributed by atoms with E-state index in [1.807, 2.05) is 0 Å². The van der Waals surface area contributed by atoms with E-state index in [-0.39, 0.29) is 23.3 Å². The molecule has 1 aliphatic heterocycles. The quantitative estimate of drug-likeness (QED) is 0.880. The Morgan fingerprint density at radius 2 is 1.84 bits per heavy atom. The summed E-state index contributed by atoms with van der Waals surface area (Å²) < 4.78 is 27.3. The van der Waals surface area contributed by atoms with Gasteiger partial charge in [-0.1, -0.05) is 6.07 Å². The highest BCUT2D eigenvalue weighted by Crippen LogP contribution is 2.50. The molecule has 0 radical (unpaired) electrons. The molecule has 3 nitrogen and oxygen atoms in total. The standard InChI is InChI=1S/C14H16F2N2O/c15-11-2-1-3-12(16)13(11)9-8-10(9)14(19)18-6-4-17-5-7-18/h1-3,9-10,17H,4-8H2. The van der Waals surface area contributed by atoms with Crippen LogP contribution in [0, 0.1) is 17.6 Å². The van der Waals surface area contributed by atoms with Gasteiger partial charge in [-0.05, 0) is 18.6 Å². The molecule has 2 unspecified atom stereocenters. The summed E-state index contributed by atoms with van der Waals surface area (Å²) in [5.74, 6) is -1.58. The average Bonchev–Trinajstić information content (AvgIpc) is 3.19. The summed E-state index contributed by atoms with van der Waals surface area (Å²) in [5.41, 5.74) is 0.0796. The third kappa shape index (κ3) is 2.34. The molecular formula is C14H16F2N2O. The van der Waals surface area contributed by atoms with Crippen LogP contribution in [0.5, 0.6) is 0 Å². The van der Waals surface area contributed by atoms with Crippen LogP contribution in [-0.4, -0.2) is 37.0 Å². The summed E-state index contributed by atoms with van der Waals surface area (Å²) in [6.07, 6.45) is 0.556. The first kappa shape index (κ1) is 12.5. The minimum absolute atomic E-state index is 0.0363. The van der Waals surface area contributed by atoms with Crippen molar-refractivity contribution in [2.24, 2.45) is 5.92 Å². The number of halogens is 2. The van der Waals surface area contributed by atoms with Crippen LogP contribution in [0.1, 0.15) is 17.9 Å². The van der Waals surface area contributed by atoms with E-state index < -0.39 is 11.6 Å². The summed E-state index contributed by atoms with van der Waals surface area (Å²) >= 11 is 0. The minimum Gasteiger partial charge on any atom is -0.340 e. The van der Waals surface area contributed by atoms with E-state index in [9.17, 15) is 13.6 Å². The van der Waals surface area contributed by atoms with Crippen LogP contribution in [0.2, 0.25) is 0 Å². The van der Waals surface area contributed by atoms with Crippen molar-refractivity contribution in [2.45, 2.75) is 12.3 Å². The molecule has 1 N–H and O–H groups in total. The summed E-state index contributed by atoms with van der Waals surface area (Å²) in [7, 11) is 0. The molecule has 1 heterocycles. The van der Waals surface area contributed by atoms with Gasteiger partial charge in [0.25, 0.3) is 0 Å². The molecule has 5 heteroatoms. The Morgan fingerprint density at radius 3 is 2.47 bits per heavy atom. The van der Waals surface area contributed by atoms with E-state index in [2.05, 4.69) is 5.32 Å². The molecule has 2 atom stereocenters. The van der Waals surface area contributed by atoms with Gasteiger partial charge in [-0.15, -0.1) is 0 Å². The summed E-state index contributed by atoms with van der Waals surface area (Å²) in [5, 5.41) is 3.18. The van der Waals surface area contributed by atoms with Crippen molar-refractivity contribution < 1.29 is 13.6 Å². The van der Waals surface area contributed by atoms with E-state index in [4.69, 9.17) is 0 Å². The van der Waals surface area contributed by atoms with Crippen LogP contribution in [0.25, 0.3) is 0 Å². The zero-order valence-corrected chi connectivity index (χ0v) is 10.5. The van der Waals surface area contributed by atoms with E-state index in [0.29, 0.717) is 19.5 Å². The van der Waals surface area contributed by atoms with E-state index in [1.165, 1.54) is 18.2 Å². The molecule has 1 amide bonds. The summed E-state index contributed by atoms with van der Waals surface area (Å²) in [6, 6.07) is 3.86. The van der Waals surface area contributed by atoms with Crippen LogP contribution in [0.15, 0.2) is 18.2 Å². The number of hydrogen-bond donors (Lipinski definition) is 1. The van der Waals surface area contributed by atoms with Gasteiger partial charge in [0.15, 0.2) is 0 Å². The SMILES string of the molecule is O=C(C1CC1c1c(F)cccc1F)N1CCNCC1. The molecule has 1 saturated carbocycles. The average molecular weight is 266 g/mol. The number of hydrogen-bond acceptors (Lipinski definition) is 2. The lowest BCUT2D eigenvalue weighted by molar-refractivity contribution is -0.133. The lowest BCUT2D eigenvalue weighted by Gasteiger charge is -2.27. The molecule has 2 aliphatic rings. The maximum atomic E-state index is 13.6. The molecule has 2 fully saturated rings. The van der Waals surface area contributed by atoms with Gasteiger partial charge in [-0.25, -0.2) is 8.78 Å². The van der Waals surface area contributed by atoms with Gasteiger partial charge < -0.3 is 10.2 Å². The second kappa shape index (κ2) is 4.89. The molecule has 19 heavy (non-hydrogen) atoms. The van der Waals surface area contributed by atoms with Crippen molar-refractivity contribution in [1.82, 2.24) is 10.2 Å². The zero-order chi connectivity index (χ0) is 13.4. The Morgan fingerprint density at radius 1 is 1.21 bits per heavy atom. The summed E-state index contributed by atoms with van der Waals surface area (Å²) in [6.45, 7) is 2.94. The third-order valence-electron chi connectivity index (χ3n) is 3.91. The first-order valence-corrected chi connectivity index (χ1v) is 6.62. The number of benzene rings is 1. The number of amides is 1. The van der Waals surface area contributed by atoms with Crippen molar-refractivity contribution >= 4 is 5.91 Å². The number of piperazine rings is 1. The largest absolute Gasteiger partial charge is 0.340 e. The fraction of sp³-hybridized carbons (Fsp3) is 0.500. The Labute approximate surface area is 110 Å². The number of nitrogens with one attached hydrogen (secondary N) is 1. The lowest BCUT2D eigenvalue weighted by atomic mass is 10.1. The van der Waals surface area contributed by atoms with Crippen molar-refractivity contribution in [2.75, 3.05) is 26.2 Å². The Hall–Kier alpha value is -1.49. The highest BCUT2D eigenvalue weighted by molar-refractivity contribution is 5.83. The van der Waals surface area contributed by atoms with E-state index in [0.717, 1.165) is 13.1 Å². The topological polar surface area (TPSA) is 32.3 Å². The first-order valence-electron chi connectivity index (χ1n) is 6.62. The predicted octanol–water partition coefficient (Wildman–Crippen LogP) is 1.50. The summed E-state index contributed by atoms with van der Waals surface area (Å²) in [4.78, 5) is 14.0. The van der Waals surface area contributed by atoms with Crippen molar-refractivity contribution in [3.05, 3.63) is 35.4 Å². The Bertz CT molecular complexity index is 480. The van der Waals surface area contributed by atoms with Gasteiger partial charge in [0.05, 0.1) is 0 Å². The van der Waals surface area contributed by atoms with Crippen molar-refractivity contribution in [1.29, 1.82) is 0 Å². The van der Waals surface area contributed by atoms with Gasteiger partial charge >= 0.3 is 0 Å². The van der Waals surface area contributed by atoms with Crippen molar-refractivity contribution in [3.63, 3.8) is 0 Å². The Balaban J connectivity index is 1.72. The number of carbonyl (C=O) groups excluding carboxylic acids is 1. The highest BCUT2D eigenvalue weighted by atomic mass is 19.1. The number of rotatable bonds is 2. The maximum Gasteiger partial charge on any atom is 0.226 e. The second-order valence-electron chi connectivity index (χ2n) is 5.16. The van der Waals surface area contributed by atoms with E-state index >= 15 is 0 Å². The smallest absolute Gasteiger partial charge is 0.226 e. The minimum atomic E-state index is -0.541. The molecule has 1 aliphatic carbocycles. The molecule has 1 aromatic carbocycles. The molecule has 0 spiro atoms. The molecule has 3 rings (SSSR count). The van der Waals surface area contributed by atoms with Crippen LogP contribution >= 0.6 is 0 Å². The van der Waals surface area contributed by atoms with Gasteiger partial charge in [-0.2, -0.15) is 0 Å². The molecule has 0 bridgehead atoms. The van der Waals surface area contributed by atoms with Gasteiger partial charge in [-0.3, -0.25) is 4.79 Å². The van der Waals surface area contributed by atoms with Crippen LogP contribution in [-0.2, 0) is 4.79 Å². The monoisotopic (exact) mass is 266 g/mol. The Kier molecular flexibility index (Phi) is 3.22.